The fourth-order valence-corrected chi connectivity index (χ4v) is 7.84. The molecule has 0 N–H and O–H groups in total. The Kier molecular flexibility index (Phi) is 7.02. The predicted octanol–water partition coefficient (Wildman–Crippen LogP) is 5.16. The number of rotatable bonds is 7. The van der Waals surface area contributed by atoms with E-state index in [0.717, 1.165) is 70.2 Å². The lowest BCUT2D eigenvalue weighted by atomic mass is 9.54. The molecule has 186 valence electrons. The highest BCUT2D eigenvalue weighted by atomic mass is 16.5. The van der Waals surface area contributed by atoms with E-state index in [0.29, 0.717) is 49.1 Å². The van der Waals surface area contributed by atoms with E-state index in [-0.39, 0.29) is 11.3 Å². The Morgan fingerprint density at radius 3 is 2.79 bits per heavy atom. The summed E-state index contributed by atoms with van der Waals surface area (Å²) >= 11 is 0. The second-order valence-electron chi connectivity index (χ2n) is 11.3. The van der Waals surface area contributed by atoms with Gasteiger partial charge in [0.1, 0.15) is 11.5 Å². The summed E-state index contributed by atoms with van der Waals surface area (Å²) in [6, 6.07) is 6.64. The summed E-state index contributed by atoms with van der Waals surface area (Å²) in [4.78, 5) is 27.6. The van der Waals surface area contributed by atoms with Crippen molar-refractivity contribution in [2.75, 3.05) is 33.4 Å². The van der Waals surface area contributed by atoms with Crippen molar-refractivity contribution in [1.29, 1.82) is 0 Å². The Balaban J connectivity index is 1.19. The van der Waals surface area contributed by atoms with Gasteiger partial charge in [0.15, 0.2) is 0 Å². The molecule has 0 aromatic heterocycles. The second kappa shape index (κ2) is 10.0. The van der Waals surface area contributed by atoms with Crippen LogP contribution < -0.4 is 4.74 Å². The quantitative estimate of drug-likeness (QED) is 0.520. The van der Waals surface area contributed by atoms with Gasteiger partial charge in [-0.1, -0.05) is 25.8 Å². The summed E-state index contributed by atoms with van der Waals surface area (Å²) in [5, 5.41) is 0. The van der Waals surface area contributed by atoms with Gasteiger partial charge in [0, 0.05) is 31.3 Å². The van der Waals surface area contributed by atoms with Crippen LogP contribution in [0.4, 0.5) is 0 Å². The molecule has 1 heterocycles. The SMILES string of the molecule is COc1ccc2c(c1)CC[C@H]1[C@@H]3[C@H](CCCCCC(=O)N4CCOCC4)CC(=O)[C@@]3(C)CC[C@H]21. The molecule has 1 amide bonds. The highest BCUT2D eigenvalue weighted by Gasteiger charge is 2.58. The first-order valence-corrected chi connectivity index (χ1v) is 13.6. The molecular formula is C29H41NO4. The molecule has 3 fully saturated rings. The Bertz CT molecular complexity index is 907. The van der Waals surface area contributed by atoms with Crippen molar-refractivity contribution in [2.24, 2.45) is 23.2 Å². The zero-order chi connectivity index (χ0) is 23.7. The van der Waals surface area contributed by atoms with Crippen LogP contribution in [0.5, 0.6) is 5.75 Å². The fraction of sp³-hybridized carbons (Fsp3) is 0.724. The molecule has 0 unspecified atom stereocenters. The zero-order valence-electron chi connectivity index (χ0n) is 21.0. The summed E-state index contributed by atoms with van der Waals surface area (Å²) in [6.07, 6.45) is 10.2. The monoisotopic (exact) mass is 467 g/mol. The first-order chi connectivity index (χ1) is 16.5. The molecule has 1 aromatic carbocycles. The highest BCUT2D eigenvalue weighted by molar-refractivity contribution is 5.87. The maximum absolute atomic E-state index is 13.2. The summed E-state index contributed by atoms with van der Waals surface area (Å²) in [5.41, 5.74) is 2.84. The minimum atomic E-state index is -0.123. The molecule has 4 aliphatic rings. The first-order valence-electron chi connectivity index (χ1n) is 13.6. The Labute approximate surface area is 204 Å². The summed E-state index contributed by atoms with van der Waals surface area (Å²) in [7, 11) is 1.74. The van der Waals surface area contributed by atoms with Crippen LogP contribution in [0.3, 0.4) is 0 Å². The lowest BCUT2D eigenvalue weighted by Crippen LogP contribution is -2.44. The minimum Gasteiger partial charge on any atom is -0.497 e. The van der Waals surface area contributed by atoms with E-state index in [1.165, 1.54) is 17.5 Å². The van der Waals surface area contributed by atoms with Crippen molar-refractivity contribution in [3.8, 4) is 5.75 Å². The van der Waals surface area contributed by atoms with Crippen LogP contribution in [0.1, 0.15) is 81.8 Å². The molecular weight excluding hydrogens is 426 g/mol. The third-order valence-electron chi connectivity index (χ3n) is 9.61. The van der Waals surface area contributed by atoms with E-state index < -0.39 is 0 Å². The lowest BCUT2D eigenvalue weighted by Gasteiger charge is -2.50. The van der Waals surface area contributed by atoms with E-state index >= 15 is 0 Å². The van der Waals surface area contributed by atoms with Gasteiger partial charge in [-0.3, -0.25) is 9.59 Å². The van der Waals surface area contributed by atoms with Crippen molar-refractivity contribution in [3.63, 3.8) is 0 Å². The number of hydrogen-bond acceptors (Lipinski definition) is 4. The lowest BCUT2D eigenvalue weighted by molar-refractivity contribution is -0.135. The summed E-state index contributed by atoms with van der Waals surface area (Å²) in [5.74, 6) is 4.00. The van der Waals surface area contributed by atoms with Gasteiger partial charge < -0.3 is 14.4 Å². The number of benzene rings is 1. The average molecular weight is 468 g/mol. The van der Waals surface area contributed by atoms with Gasteiger partial charge in [-0.2, -0.15) is 0 Å². The number of hydrogen-bond donors (Lipinski definition) is 0. The smallest absolute Gasteiger partial charge is 0.222 e. The third-order valence-corrected chi connectivity index (χ3v) is 9.61. The first kappa shape index (κ1) is 23.8. The maximum atomic E-state index is 13.2. The van der Waals surface area contributed by atoms with E-state index in [4.69, 9.17) is 9.47 Å². The molecule has 5 nitrogen and oxygen atoms in total. The molecule has 34 heavy (non-hydrogen) atoms. The summed E-state index contributed by atoms with van der Waals surface area (Å²) < 4.78 is 10.8. The molecule has 0 radical (unpaired) electrons. The van der Waals surface area contributed by atoms with Gasteiger partial charge in [0.05, 0.1) is 20.3 Å². The highest BCUT2D eigenvalue weighted by Crippen LogP contribution is 2.62. The van der Waals surface area contributed by atoms with Crippen molar-refractivity contribution in [1.82, 2.24) is 4.90 Å². The fourth-order valence-electron chi connectivity index (χ4n) is 7.84. The number of ether oxygens (including phenoxy) is 2. The molecule has 3 aliphatic carbocycles. The number of Topliss-reactive ketones (excluding diaryl/α,β-unsaturated/α-hetero) is 1. The molecule has 1 saturated heterocycles. The molecule has 5 heteroatoms. The number of fused-ring (bicyclic) bond motifs is 5. The van der Waals surface area contributed by atoms with Crippen LogP contribution in [-0.4, -0.2) is 50.0 Å². The molecule has 2 saturated carbocycles. The number of carbonyl (C=O) groups is 2. The van der Waals surface area contributed by atoms with Crippen LogP contribution in [0, 0.1) is 23.2 Å². The standard InChI is InChI=1S/C29H41NO4/c1-29-13-12-24-23-11-9-22(33-2)18-20(23)8-10-25(24)28(29)21(19-26(29)31)6-4-3-5-7-27(32)30-14-16-34-17-15-30/h9,11,18,21,24-25,28H,3-8,10,12-17,19H2,1-2H3/t21-,24-,25-,28+,29-/m1/s1. The van der Waals surface area contributed by atoms with Crippen LogP contribution in [-0.2, 0) is 20.7 Å². The second-order valence-corrected chi connectivity index (χ2v) is 11.3. The van der Waals surface area contributed by atoms with Crippen LogP contribution in [0.15, 0.2) is 18.2 Å². The maximum Gasteiger partial charge on any atom is 0.222 e. The van der Waals surface area contributed by atoms with Crippen LogP contribution in [0.2, 0.25) is 0 Å². The summed E-state index contributed by atoms with van der Waals surface area (Å²) in [6.45, 7) is 5.09. The van der Waals surface area contributed by atoms with Gasteiger partial charge in [-0.05, 0) is 85.5 Å². The average Bonchev–Trinajstić information content (AvgIpc) is 3.13. The molecule has 5 atom stereocenters. The van der Waals surface area contributed by atoms with Gasteiger partial charge in [0.25, 0.3) is 0 Å². The van der Waals surface area contributed by atoms with E-state index in [9.17, 15) is 9.59 Å². The van der Waals surface area contributed by atoms with Crippen molar-refractivity contribution in [2.45, 2.75) is 77.0 Å². The largest absolute Gasteiger partial charge is 0.497 e. The number of carbonyl (C=O) groups excluding carboxylic acids is 2. The van der Waals surface area contributed by atoms with Gasteiger partial charge >= 0.3 is 0 Å². The van der Waals surface area contributed by atoms with Crippen LogP contribution in [0.25, 0.3) is 0 Å². The number of unbranched alkanes of at least 4 members (excludes halogenated alkanes) is 2. The van der Waals surface area contributed by atoms with Gasteiger partial charge in [0.2, 0.25) is 5.91 Å². The van der Waals surface area contributed by atoms with Gasteiger partial charge in [-0.15, -0.1) is 0 Å². The van der Waals surface area contributed by atoms with Crippen molar-refractivity contribution in [3.05, 3.63) is 29.3 Å². The van der Waals surface area contributed by atoms with Crippen molar-refractivity contribution < 1.29 is 19.1 Å². The van der Waals surface area contributed by atoms with E-state index in [2.05, 4.69) is 25.1 Å². The molecule has 0 bridgehead atoms. The molecule has 1 aromatic rings. The van der Waals surface area contributed by atoms with Crippen LogP contribution >= 0.6 is 0 Å². The Morgan fingerprint density at radius 2 is 2.00 bits per heavy atom. The third kappa shape index (κ3) is 4.41. The number of morpholine rings is 1. The normalized spacial score (nSPS) is 32.6. The number of methoxy groups -OCH3 is 1. The number of amides is 1. The topological polar surface area (TPSA) is 55.8 Å². The number of aryl methyl sites for hydroxylation is 1. The number of nitrogens with zero attached hydrogens (tertiary/aromatic N) is 1. The van der Waals surface area contributed by atoms with E-state index in [1.807, 2.05) is 4.90 Å². The minimum absolute atomic E-state index is 0.123. The zero-order valence-corrected chi connectivity index (χ0v) is 21.0. The number of ketones is 1. The van der Waals surface area contributed by atoms with E-state index in [1.54, 1.807) is 7.11 Å². The molecule has 0 spiro atoms. The molecule has 5 rings (SSSR count). The Hall–Kier alpha value is -1.88. The predicted molar refractivity (Wildman–Crippen MR) is 132 cm³/mol. The molecule has 1 aliphatic heterocycles. The van der Waals surface area contributed by atoms with Gasteiger partial charge in [-0.25, -0.2) is 0 Å². The van der Waals surface area contributed by atoms with Crippen molar-refractivity contribution >= 4 is 11.7 Å². The Morgan fingerprint density at radius 1 is 1.18 bits per heavy atom.